The van der Waals surface area contributed by atoms with Crippen LogP contribution in [0.4, 0.5) is 5.69 Å². The van der Waals surface area contributed by atoms with Gasteiger partial charge < -0.3 is 14.5 Å². The van der Waals surface area contributed by atoms with Gasteiger partial charge in [-0.1, -0.05) is 15.9 Å². The first-order valence-electron chi connectivity index (χ1n) is 8.11. The van der Waals surface area contributed by atoms with Gasteiger partial charge in [-0.25, -0.2) is 0 Å². The second-order valence-corrected chi connectivity index (χ2v) is 7.49. The van der Waals surface area contributed by atoms with Crippen molar-refractivity contribution in [3.05, 3.63) is 27.7 Å². The minimum Gasteiger partial charge on any atom is -0.378 e. The van der Waals surface area contributed by atoms with Crippen LogP contribution in [0.1, 0.15) is 35.7 Å². The van der Waals surface area contributed by atoms with Gasteiger partial charge in [0.1, 0.15) is 0 Å². The molecule has 118 valence electrons. The Bertz CT molecular complexity index is 609. The van der Waals surface area contributed by atoms with Gasteiger partial charge in [0.25, 0.3) is 5.91 Å². The lowest BCUT2D eigenvalue weighted by atomic mass is 10.1. The Hall–Kier alpha value is -1.07. The summed E-state index contributed by atoms with van der Waals surface area (Å²) < 4.78 is 6.50. The van der Waals surface area contributed by atoms with E-state index < -0.39 is 0 Å². The van der Waals surface area contributed by atoms with Gasteiger partial charge in [-0.05, 0) is 43.4 Å². The number of amides is 1. The Balaban J connectivity index is 1.69. The van der Waals surface area contributed by atoms with E-state index in [0.717, 1.165) is 54.1 Å². The van der Waals surface area contributed by atoms with E-state index in [4.69, 9.17) is 4.74 Å². The topological polar surface area (TPSA) is 32.8 Å². The molecule has 22 heavy (non-hydrogen) atoms. The number of hydrogen-bond donors (Lipinski definition) is 0. The van der Waals surface area contributed by atoms with Crippen molar-refractivity contribution in [3.8, 4) is 0 Å². The van der Waals surface area contributed by atoms with E-state index in [1.807, 2.05) is 0 Å². The average molecular weight is 365 g/mol. The van der Waals surface area contributed by atoms with Crippen LogP contribution in [0.15, 0.2) is 16.6 Å². The van der Waals surface area contributed by atoms with E-state index in [0.29, 0.717) is 12.0 Å². The number of fused-ring (bicyclic) bond motifs is 1. The molecule has 0 spiro atoms. The number of benzene rings is 1. The van der Waals surface area contributed by atoms with Gasteiger partial charge in [-0.3, -0.25) is 4.79 Å². The van der Waals surface area contributed by atoms with Crippen molar-refractivity contribution in [1.82, 2.24) is 4.90 Å². The summed E-state index contributed by atoms with van der Waals surface area (Å²) in [5.74, 6) is 0.914. The lowest BCUT2D eigenvalue weighted by molar-refractivity contribution is 0.0697. The van der Waals surface area contributed by atoms with E-state index in [9.17, 15) is 4.79 Å². The summed E-state index contributed by atoms with van der Waals surface area (Å²) >= 11 is 3.61. The predicted molar refractivity (Wildman–Crippen MR) is 89.2 cm³/mol. The maximum atomic E-state index is 13.0. The third-order valence-corrected chi connectivity index (χ3v) is 5.58. The lowest BCUT2D eigenvalue weighted by Crippen LogP contribution is -2.38. The van der Waals surface area contributed by atoms with Gasteiger partial charge in [-0.2, -0.15) is 0 Å². The summed E-state index contributed by atoms with van der Waals surface area (Å²) in [5.41, 5.74) is 3.15. The van der Waals surface area contributed by atoms with Crippen molar-refractivity contribution in [2.45, 2.75) is 32.4 Å². The van der Waals surface area contributed by atoms with Crippen LogP contribution < -0.4 is 4.90 Å². The van der Waals surface area contributed by atoms with Crippen molar-refractivity contribution >= 4 is 27.5 Å². The van der Waals surface area contributed by atoms with Crippen LogP contribution in [-0.2, 0) is 11.3 Å². The van der Waals surface area contributed by atoms with Crippen LogP contribution >= 0.6 is 15.9 Å². The molecule has 4 nitrogen and oxygen atoms in total. The van der Waals surface area contributed by atoms with Crippen LogP contribution in [0, 0.1) is 5.92 Å². The van der Waals surface area contributed by atoms with Crippen molar-refractivity contribution in [3.63, 3.8) is 0 Å². The summed E-state index contributed by atoms with van der Waals surface area (Å²) in [4.78, 5) is 17.4. The smallest absolute Gasteiger partial charge is 0.256 e. The molecule has 1 saturated heterocycles. The maximum Gasteiger partial charge on any atom is 0.256 e. The molecule has 0 aromatic heterocycles. The molecule has 2 fully saturated rings. The Morgan fingerprint density at radius 2 is 2.00 bits per heavy atom. The van der Waals surface area contributed by atoms with E-state index in [1.165, 1.54) is 12.8 Å². The molecular formula is C17H21BrN2O2. The fraction of sp³-hybridized carbons (Fsp3) is 0.588. The van der Waals surface area contributed by atoms with Crippen LogP contribution in [0.5, 0.6) is 0 Å². The Morgan fingerprint density at radius 1 is 1.27 bits per heavy atom. The molecule has 0 radical (unpaired) electrons. The van der Waals surface area contributed by atoms with Crippen molar-refractivity contribution < 1.29 is 9.53 Å². The monoisotopic (exact) mass is 364 g/mol. The number of rotatable bonds is 3. The number of carbonyl (C=O) groups is 1. The highest BCUT2D eigenvalue weighted by atomic mass is 79.9. The molecule has 1 aromatic carbocycles. The van der Waals surface area contributed by atoms with Crippen LogP contribution in [0.25, 0.3) is 0 Å². The van der Waals surface area contributed by atoms with Crippen molar-refractivity contribution in [2.75, 3.05) is 31.2 Å². The second-order valence-electron chi connectivity index (χ2n) is 6.57. The molecule has 1 aromatic rings. The van der Waals surface area contributed by atoms with Gasteiger partial charge in [-0.15, -0.1) is 0 Å². The number of morpholine rings is 1. The summed E-state index contributed by atoms with van der Waals surface area (Å²) in [6.07, 6.45) is 2.53. The molecule has 4 rings (SSSR count). The predicted octanol–water partition coefficient (Wildman–Crippen LogP) is 3.04. The van der Waals surface area contributed by atoms with E-state index in [1.54, 1.807) is 0 Å². The number of ether oxygens (including phenoxy) is 1. The Kier molecular flexibility index (Phi) is 3.65. The first-order valence-corrected chi connectivity index (χ1v) is 8.90. The number of halogens is 1. The molecular weight excluding hydrogens is 344 g/mol. The minimum absolute atomic E-state index is 0.211. The maximum absolute atomic E-state index is 13.0. The zero-order chi connectivity index (χ0) is 15.3. The number of carbonyl (C=O) groups excluding carboxylic acids is 1. The van der Waals surface area contributed by atoms with E-state index in [2.05, 4.69) is 44.8 Å². The molecule has 5 heteroatoms. The molecule has 2 heterocycles. The van der Waals surface area contributed by atoms with Crippen molar-refractivity contribution in [2.24, 2.45) is 5.92 Å². The van der Waals surface area contributed by atoms with Crippen LogP contribution in [-0.4, -0.2) is 43.2 Å². The molecule has 0 N–H and O–H groups in total. The third-order valence-electron chi connectivity index (χ3n) is 5.13. The summed E-state index contributed by atoms with van der Waals surface area (Å²) in [6.45, 7) is 6.13. The van der Waals surface area contributed by atoms with E-state index >= 15 is 0 Å². The number of hydrogen-bond acceptors (Lipinski definition) is 3. The minimum atomic E-state index is 0.211. The highest BCUT2D eigenvalue weighted by Gasteiger charge is 2.40. The van der Waals surface area contributed by atoms with Gasteiger partial charge in [0.05, 0.1) is 24.5 Å². The third kappa shape index (κ3) is 2.44. The standard InChI is InChI=1S/C17H21BrN2O2/c1-11(12-2-3-12)20-10-13-8-14(18)9-15(16(13)17(20)21)19-4-6-22-7-5-19/h8-9,11-12H,2-7,10H2,1H3/t11-/m0/s1. The average Bonchev–Trinajstić information content (AvgIpc) is 3.32. The molecule has 1 atom stereocenters. The zero-order valence-electron chi connectivity index (χ0n) is 12.8. The first kappa shape index (κ1) is 14.5. The largest absolute Gasteiger partial charge is 0.378 e. The van der Waals surface area contributed by atoms with Crippen molar-refractivity contribution in [1.29, 1.82) is 0 Å². The van der Waals surface area contributed by atoms with Gasteiger partial charge >= 0.3 is 0 Å². The molecule has 3 aliphatic rings. The fourth-order valence-electron chi connectivity index (χ4n) is 3.63. The molecule has 1 aliphatic carbocycles. The Morgan fingerprint density at radius 3 is 2.68 bits per heavy atom. The Labute approximate surface area is 139 Å². The van der Waals surface area contributed by atoms with Crippen LogP contribution in [0.3, 0.4) is 0 Å². The van der Waals surface area contributed by atoms with Gasteiger partial charge in [0.2, 0.25) is 0 Å². The highest BCUT2D eigenvalue weighted by Crippen LogP contribution is 2.41. The van der Waals surface area contributed by atoms with E-state index in [-0.39, 0.29) is 5.91 Å². The molecule has 0 bridgehead atoms. The SMILES string of the molecule is C[C@@H](C1CC1)N1Cc2cc(Br)cc(N3CCOCC3)c2C1=O. The second kappa shape index (κ2) is 5.53. The summed E-state index contributed by atoms with van der Waals surface area (Å²) in [5, 5.41) is 0. The number of anilines is 1. The first-order chi connectivity index (χ1) is 10.6. The lowest BCUT2D eigenvalue weighted by Gasteiger charge is -2.30. The summed E-state index contributed by atoms with van der Waals surface area (Å²) in [7, 11) is 0. The van der Waals surface area contributed by atoms with Gasteiger partial charge in [0, 0.05) is 30.1 Å². The zero-order valence-corrected chi connectivity index (χ0v) is 14.4. The summed E-state index contributed by atoms with van der Waals surface area (Å²) in [6, 6.07) is 4.56. The highest BCUT2D eigenvalue weighted by molar-refractivity contribution is 9.10. The van der Waals surface area contributed by atoms with Crippen LogP contribution in [0.2, 0.25) is 0 Å². The molecule has 1 saturated carbocycles. The quantitative estimate of drug-likeness (QED) is 0.826. The molecule has 2 aliphatic heterocycles. The number of nitrogens with zero attached hydrogens (tertiary/aromatic N) is 2. The molecule has 1 amide bonds. The normalized spacial score (nSPS) is 22.9. The fourth-order valence-corrected chi connectivity index (χ4v) is 4.13. The van der Waals surface area contributed by atoms with Gasteiger partial charge in [0.15, 0.2) is 0 Å². The molecule has 0 unspecified atom stereocenters.